The molecule has 0 aliphatic carbocycles. The molecule has 1 aromatic carbocycles. The molecule has 0 bridgehead atoms. The first-order valence-electron chi connectivity index (χ1n) is 7.03. The number of likely N-dealkylation sites (N-methyl/N-ethyl adjacent to an activating group) is 1. The van der Waals surface area contributed by atoms with Gasteiger partial charge in [0.25, 0.3) is 0 Å². The van der Waals surface area contributed by atoms with Gasteiger partial charge < -0.3 is 24.8 Å². The Morgan fingerprint density at radius 1 is 1.38 bits per heavy atom. The van der Waals surface area contributed by atoms with Gasteiger partial charge in [-0.2, -0.15) is 0 Å². The van der Waals surface area contributed by atoms with Crippen molar-refractivity contribution in [3.8, 4) is 0 Å². The molecule has 0 spiro atoms. The SMILES string of the molecule is CCNC(c1cc2[nH]c(=O)[nH]c2cc1Br)C1COCCO1. The van der Waals surface area contributed by atoms with E-state index >= 15 is 0 Å². The van der Waals surface area contributed by atoms with Crippen molar-refractivity contribution in [3.63, 3.8) is 0 Å². The third-order valence-electron chi connectivity index (χ3n) is 3.61. The lowest BCUT2D eigenvalue weighted by molar-refractivity contribution is -0.102. The average molecular weight is 356 g/mol. The summed E-state index contributed by atoms with van der Waals surface area (Å²) < 4.78 is 12.3. The molecule has 1 aliphatic heterocycles. The quantitative estimate of drug-likeness (QED) is 0.779. The predicted molar refractivity (Wildman–Crippen MR) is 83.6 cm³/mol. The number of aromatic nitrogens is 2. The number of fused-ring (bicyclic) bond motifs is 1. The summed E-state index contributed by atoms with van der Waals surface area (Å²) >= 11 is 3.59. The summed E-state index contributed by atoms with van der Waals surface area (Å²) in [6, 6.07) is 3.90. The number of halogens is 1. The largest absolute Gasteiger partial charge is 0.376 e. The van der Waals surface area contributed by atoms with Gasteiger partial charge in [-0.05, 0) is 24.2 Å². The number of hydrogen-bond donors (Lipinski definition) is 3. The molecule has 114 valence electrons. The van der Waals surface area contributed by atoms with Gasteiger partial charge in [0, 0.05) is 4.47 Å². The van der Waals surface area contributed by atoms with Crippen molar-refractivity contribution in [3.05, 3.63) is 32.7 Å². The van der Waals surface area contributed by atoms with Gasteiger partial charge in [-0.3, -0.25) is 0 Å². The average Bonchev–Trinajstić information content (AvgIpc) is 2.84. The van der Waals surface area contributed by atoms with Crippen LogP contribution in [-0.4, -0.2) is 42.4 Å². The van der Waals surface area contributed by atoms with Crippen molar-refractivity contribution in [2.45, 2.75) is 19.1 Å². The summed E-state index contributed by atoms with van der Waals surface area (Å²) in [4.78, 5) is 17.0. The third-order valence-corrected chi connectivity index (χ3v) is 4.29. The molecule has 0 radical (unpaired) electrons. The van der Waals surface area contributed by atoms with E-state index < -0.39 is 0 Å². The predicted octanol–water partition coefficient (Wildman–Crippen LogP) is 1.68. The molecule has 2 heterocycles. The van der Waals surface area contributed by atoms with E-state index in [9.17, 15) is 4.79 Å². The maximum atomic E-state index is 11.4. The summed E-state index contributed by atoms with van der Waals surface area (Å²) in [5.41, 5.74) is 2.42. The van der Waals surface area contributed by atoms with E-state index in [2.05, 4.69) is 38.1 Å². The van der Waals surface area contributed by atoms with Crippen LogP contribution >= 0.6 is 15.9 Å². The van der Waals surface area contributed by atoms with E-state index in [0.29, 0.717) is 19.8 Å². The number of H-pyrrole nitrogens is 2. The lowest BCUT2D eigenvalue weighted by Crippen LogP contribution is -2.40. The summed E-state index contributed by atoms with van der Waals surface area (Å²) in [6.07, 6.45) is -0.0434. The van der Waals surface area contributed by atoms with Gasteiger partial charge >= 0.3 is 5.69 Å². The number of rotatable bonds is 4. The molecule has 6 nitrogen and oxygen atoms in total. The molecule has 1 aromatic heterocycles. The minimum absolute atomic E-state index is 0.00692. The zero-order valence-corrected chi connectivity index (χ0v) is 13.3. The van der Waals surface area contributed by atoms with E-state index in [1.165, 1.54) is 0 Å². The number of aromatic amines is 2. The van der Waals surface area contributed by atoms with Gasteiger partial charge in [0.15, 0.2) is 0 Å². The second kappa shape index (κ2) is 6.31. The Kier molecular flexibility index (Phi) is 4.44. The van der Waals surface area contributed by atoms with Gasteiger partial charge in [-0.15, -0.1) is 0 Å². The molecule has 0 amide bonds. The topological polar surface area (TPSA) is 79.1 Å². The van der Waals surface area contributed by atoms with Crippen molar-refractivity contribution in [1.29, 1.82) is 0 Å². The summed E-state index contributed by atoms with van der Waals surface area (Å²) in [7, 11) is 0. The highest BCUT2D eigenvalue weighted by atomic mass is 79.9. The van der Waals surface area contributed by atoms with Gasteiger partial charge in [0.1, 0.15) is 6.10 Å². The highest BCUT2D eigenvalue weighted by molar-refractivity contribution is 9.10. The molecule has 3 rings (SSSR count). The number of hydrogen-bond acceptors (Lipinski definition) is 4. The lowest BCUT2D eigenvalue weighted by Gasteiger charge is -2.31. The maximum absolute atomic E-state index is 11.4. The summed E-state index contributed by atoms with van der Waals surface area (Å²) in [6.45, 7) is 4.68. The first kappa shape index (κ1) is 14.8. The molecule has 7 heteroatoms. The van der Waals surface area contributed by atoms with Crippen LogP contribution in [0, 0.1) is 0 Å². The first-order chi connectivity index (χ1) is 10.2. The zero-order valence-electron chi connectivity index (χ0n) is 11.7. The third kappa shape index (κ3) is 3.06. The molecule has 21 heavy (non-hydrogen) atoms. The number of benzene rings is 1. The van der Waals surface area contributed by atoms with E-state index in [4.69, 9.17) is 9.47 Å². The fourth-order valence-corrected chi connectivity index (χ4v) is 3.26. The molecule has 0 saturated carbocycles. The van der Waals surface area contributed by atoms with Crippen molar-refractivity contribution in [2.75, 3.05) is 26.4 Å². The number of ether oxygens (including phenoxy) is 2. The Hall–Kier alpha value is -1.15. The molecule has 1 saturated heterocycles. The van der Waals surface area contributed by atoms with Gasteiger partial charge in [0.2, 0.25) is 0 Å². The molecule has 3 N–H and O–H groups in total. The van der Waals surface area contributed by atoms with Crippen LogP contribution in [-0.2, 0) is 9.47 Å². The molecule has 1 fully saturated rings. The maximum Gasteiger partial charge on any atom is 0.323 e. The zero-order chi connectivity index (χ0) is 14.8. The van der Waals surface area contributed by atoms with Crippen LogP contribution < -0.4 is 11.0 Å². The van der Waals surface area contributed by atoms with Crippen molar-refractivity contribution in [2.24, 2.45) is 0 Å². The van der Waals surface area contributed by atoms with Crippen LogP contribution in [0.3, 0.4) is 0 Å². The van der Waals surface area contributed by atoms with Crippen LogP contribution in [0.5, 0.6) is 0 Å². The smallest absolute Gasteiger partial charge is 0.323 e. The van der Waals surface area contributed by atoms with Crippen LogP contribution in [0.4, 0.5) is 0 Å². The molecule has 1 aliphatic rings. The fourth-order valence-electron chi connectivity index (χ4n) is 2.67. The van der Waals surface area contributed by atoms with Crippen molar-refractivity contribution >= 4 is 27.0 Å². The monoisotopic (exact) mass is 355 g/mol. The minimum Gasteiger partial charge on any atom is -0.376 e. The molecule has 2 unspecified atom stereocenters. The highest BCUT2D eigenvalue weighted by Crippen LogP contribution is 2.30. The molecular weight excluding hydrogens is 338 g/mol. The first-order valence-corrected chi connectivity index (χ1v) is 7.82. The fraction of sp³-hybridized carbons (Fsp3) is 0.500. The normalized spacial score (nSPS) is 20.8. The van der Waals surface area contributed by atoms with Gasteiger partial charge in [0.05, 0.1) is 36.9 Å². The Bertz CT molecular complexity index is 676. The molecule has 2 aromatic rings. The second-order valence-electron chi connectivity index (χ2n) is 5.02. The van der Waals surface area contributed by atoms with Gasteiger partial charge in [-0.25, -0.2) is 4.79 Å². The van der Waals surface area contributed by atoms with E-state index in [1.807, 2.05) is 12.1 Å². The van der Waals surface area contributed by atoms with Crippen molar-refractivity contribution in [1.82, 2.24) is 15.3 Å². The minimum atomic E-state index is -0.202. The highest BCUT2D eigenvalue weighted by Gasteiger charge is 2.28. The van der Waals surface area contributed by atoms with Crippen LogP contribution in [0.2, 0.25) is 0 Å². The standard InChI is InChI=1S/C14H18BrN3O3/c1-2-16-13(12-7-20-3-4-21-12)8-5-10-11(6-9(8)15)18-14(19)17-10/h5-6,12-13,16H,2-4,7H2,1H3,(H2,17,18,19). The number of nitrogens with one attached hydrogen (secondary N) is 3. The second-order valence-corrected chi connectivity index (χ2v) is 5.87. The van der Waals surface area contributed by atoms with E-state index in [-0.39, 0.29) is 17.8 Å². The van der Waals surface area contributed by atoms with Crippen LogP contribution in [0.15, 0.2) is 21.4 Å². The Labute approximate surface area is 130 Å². The summed E-state index contributed by atoms with van der Waals surface area (Å²) in [5.74, 6) is 0. The van der Waals surface area contributed by atoms with Crippen LogP contribution in [0.1, 0.15) is 18.5 Å². The van der Waals surface area contributed by atoms with E-state index in [0.717, 1.165) is 27.6 Å². The molecular formula is C14H18BrN3O3. The number of imidazole rings is 1. The summed E-state index contributed by atoms with van der Waals surface area (Å²) in [5, 5.41) is 3.44. The lowest BCUT2D eigenvalue weighted by atomic mass is 10.0. The van der Waals surface area contributed by atoms with Crippen LogP contribution in [0.25, 0.3) is 11.0 Å². The van der Waals surface area contributed by atoms with Crippen molar-refractivity contribution < 1.29 is 9.47 Å². The molecule has 2 atom stereocenters. The van der Waals surface area contributed by atoms with E-state index in [1.54, 1.807) is 0 Å². The Balaban J connectivity index is 2.00. The Morgan fingerprint density at radius 3 is 2.81 bits per heavy atom. The Morgan fingerprint density at radius 2 is 2.14 bits per heavy atom. The van der Waals surface area contributed by atoms with Gasteiger partial charge in [-0.1, -0.05) is 22.9 Å².